The fourth-order valence-electron chi connectivity index (χ4n) is 5.52. The van der Waals surface area contributed by atoms with E-state index in [-0.39, 0.29) is 75.0 Å². The van der Waals surface area contributed by atoms with Crippen LogP contribution in [0.4, 0.5) is 0 Å². The van der Waals surface area contributed by atoms with Crippen molar-refractivity contribution in [3.8, 4) is 51.7 Å². The number of hydrogen-bond acceptors (Lipinski definition) is 12. The average molecular weight is 564 g/mol. The summed E-state index contributed by atoms with van der Waals surface area (Å²) in [5.74, 6) is -3.57. The molecule has 0 amide bonds. The van der Waals surface area contributed by atoms with E-state index in [1.165, 1.54) is 18.2 Å². The first-order valence-electron chi connectivity index (χ1n) is 12.5. The molecule has 0 saturated carbocycles. The third kappa shape index (κ3) is 4.20. The van der Waals surface area contributed by atoms with Crippen LogP contribution in [0.1, 0.15) is 34.5 Å². The molecular formula is C29H24O12. The smallest absolute Gasteiger partial charge is 0.231 e. The maximum Gasteiger partial charge on any atom is 0.231 e. The zero-order valence-electron chi connectivity index (χ0n) is 21.0. The van der Waals surface area contributed by atoms with E-state index in [1.807, 2.05) is 0 Å². The lowest BCUT2D eigenvalue weighted by atomic mass is 9.90. The topological polar surface area (TPSA) is 218 Å². The van der Waals surface area contributed by atoms with Crippen LogP contribution in [0, 0.1) is 0 Å². The second-order valence-corrected chi connectivity index (χ2v) is 10.1. The van der Waals surface area contributed by atoms with Crippen LogP contribution >= 0.6 is 0 Å². The molecule has 2 heterocycles. The average Bonchev–Trinajstić information content (AvgIpc) is 3.03. The molecular weight excluding hydrogens is 540 g/mol. The summed E-state index contributed by atoms with van der Waals surface area (Å²) in [4.78, 5) is 13.2. The number of phenols is 6. The number of aromatic hydroxyl groups is 7. The summed E-state index contributed by atoms with van der Waals surface area (Å²) in [5.41, 5.74) is -0.578. The van der Waals surface area contributed by atoms with Crippen LogP contribution in [0.5, 0.6) is 51.7 Å². The molecule has 0 bridgehead atoms. The highest BCUT2D eigenvalue weighted by atomic mass is 16.5. The largest absolute Gasteiger partial charge is 0.508 e. The van der Waals surface area contributed by atoms with Crippen LogP contribution in [-0.4, -0.2) is 58.2 Å². The Balaban J connectivity index is 1.56. The molecule has 9 N–H and O–H groups in total. The Bertz CT molecular complexity index is 1800. The molecule has 0 aliphatic carbocycles. The van der Waals surface area contributed by atoms with Crippen molar-refractivity contribution in [2.75, 3.05) is 0 Å². The molecule has 0 radical (unpaired) electrons. The van der Waals surface area contributed by atoms with Crippen molar-refractivity contribution in [2.45, 2.75) is 37.3 Å². The minimum absolute atomic E-state index is 0.00576. The summed E-state index contributed by atoms with van der Waals surface area (Å²) in [5, 5.41) is 93.5. The summed E-state index contributed by atoms with van der Waals surface area (Å²) in [6.07, 6.45) is -5.40. The number of phenolic OH excluding ortho intramolecular Hbond substituents is 6. The van der Waals surface area contributed by atoms with Gasteiger partial charge in [-0.1, -0.05) is 0 Å². The van der Waals surface area contributed by atoms with Gasteiger partial charge in [-0.15, -0.1) is 0 Å². The van der Waals surface area contributed by atoms with Gasteiger partial charge in [0, 0.05) is 53.8 Å². The number of ether oxygens (including phenoxy) is 2. The molecule has 0 aromatic heterocycles. The Kier molecular flexibility index (Phi) is 5.90. The molecule has 2 aliphatic rings. The first kappa shape index (κ1) is 26.2. The van der Waals surface area contributed by atoms with Gasteiger partial charge in [-0.3, -0.25) is 4.79 Å². The number of benzene rings is 3. The molecule has 12 heteroatoms. The van der Waals surface area contributed by atoms with E-state index >= 15 is 0 Å². The summed E-state index contributed by atoms with van der Waals surface area (Å²) in [7, 11) is 0. The van der Waals surface area contributed by atoms with Crippen molar-refractivity contribution >= 4 is 10.8 Å². The highest BCUT2D eigenvalue weighted by Gasteiger charge is 2.36. The fourth-order valence-corrected chi connectivity index (χ4v) is 5.52. The zero-order chi connectivity index (χ0) is 29.3. The van der Waals surface area contributed by atoms with Crippen molar-refractivity contribution in [1.82, 2.24) is 0 Å². The minimum atomic E-state index is -1.34. The summed E-state index contributed by atoms with van der Waals surface area (Å²) >= 11 is 0. The van der Waals surface area contributed by atoms with E-state index in [0.29, 0.717) is 0 Å². The lowest BCUT2D eigenvalue weighted by Crippen LogP contribution is -2.31. The summed E-state index contributed by atoms with van der Waals surface area (Å²) in [6.45, 7) is 0. The van der Waals surface area contributed by atoms with Gasteiger partial charge in [0.2, 0.25) is 5.43 Å². The van der Waals surface area contributed by atoms with Crippen LogP contribution in [0.15, 0.2) is 47.3 Å². The Labute approximate surface area is 230 Å². The number of fused-ring (bicyclic) bond motifs is 3. The van der Waals surface area contributed by atoms with Crippen LogP contribution in [-0.2, 0) is 12.8 Å². The molecule has 2 aliphatic heterocycles. The molecule has 212 valence electrons. The van der Waals surface area contributed by atoms with E-state index in [2.05, 4.69) is 0 Å². The molecule has 0 spiro atoms. The molecule has 4 aromatic rings. The summed E-state index contributed by atoms with van der Waals surface area (Å²) in [6, 6.07) is 8.05. The number of rotatable bonds is 2. The quantitative estimate of drug-likeness (QED) is 0.160. The fraction of sp³-hybridized carbons (Fsp3) is 0.207. The monoisotopic (exact) mass is 564 g/mol. The number of aliphatic hydroxyl groups is 2. The second-order valence-electron chi connectivity index (χ2n) is 10.1. The Morgan fingerprint density at radius 2 is 1.15 bits per heavy atom. The predicted molar refractivity (Wildman–Crippen MR) is 141 cm³/mol. The first-order valence-corrected chi connectivity index (χ1v) is 12.5. The molecule has 41 heavy (non-hydrogen) atoms. The lowest BCUT2D eigenvalue weighted by molar-refractivity contribution is 0.0193. The lowest BCUT2D eigenvalue weighted by Gasteiger charge is -2.32. The number of hydrogen-bond donors (Lipinski definition) is 9. The maximum absolute atomic E-state index is 13.2. The molecule has 2 unspecified atom stereocenters. The van der Waals surface area contributed by atoms with Gasteiger partial charge >= 0.3 is 0 Å². The standard InChI is InChI=1S/C29H24O12/c30-11-3-17(32)15-8-21(36)28(40-23(15)5-11)10-1-13-14(7-20(35)27(39)25(13)26(38)19(34)2-10)29-22(37)9-16-18(33)4-12(31)6-24(16)41-29/h1-7,21-22,28-33,35-37,39H,8-9H2,(H,34,38)/t21?,22-,28?,29-/m1/s1. The third-order valence-corrected chi connectivity index (χ3v) is 7.43. The predicted octanol–water partition coefficient (Wildman–Crippen LogP) is 2.21. The molecule has 6 rings (SSSR count). The van der Waals surface area contributed by atoms with E-state index in [4.69, 9.17) is 9.47 Å². The van der Waals surface area contributed by atoms with Gasteiger partial charge in [0.1, 0.15) is 40.6 Å². The van der Waals surface area contributed by atoms with Crippen molar-refractivity contribution < 1.29 is 55.4 Å². The SMILES string of the molecule is O=c1c(O)cc(C2Oc3cc(O)cc(O)c3CC2O)cc2c([C@H]3Oc4cc(O)cc(O)c4C[C@H]3O)cc(O)c(O)c12. The van der Waals surface area contributed by atoms with E-state index in [1.54, 1.807) is 0 Å². The van der Waals surface area contributed by atoms with Gasteiger partial charge in [-0.05, 0) is 29.1 Å². The van der Waals surface area contributed by atoms with E-state index in [0.717, 1.165) is 24.3 Å². The van der Waals surface area contributed by atoms with Crippen LogP contribution < -0.4 is 14.9 Å². The van der Waals surface area contributed by atoms with Gasteiger partial charge < -0.3 is 55.4 Å². The highest BCUT2D eigenvalue weighted by Crippen LogP contribution is 2.47. The third-order valence-electron chi connectivity index (χ3n) is 7.43. The van der Waals surface area contributed by atoms with Gasteiger partial charge in [0.25, 0.3) is 0 Å². The van der Waals surface area contributed by atoms with Gasteiger partial charge in [0.05, 0.1) is 17.6 Å². The first-order chi connectivity index (χ1) is 19.4. The molecule has 0 saturated heterocycles. The minimum Gasteiger partial charge on any atom is -0.508 e. The molecule has 4 atom stereocenters. The molecule has 12 nitrogen and oxygen atoms in total. The highest BCUT2D eigenvalue weighted by molar-refractivity contribution is 5.94. The van der Waals surface area contributed by atoms with Crippen molar-refractivity contribution in [3.05, 3.63) is 74.9 Å². The Hall–Kier alpha value is -5.07. The van der Waals surface area contributed by atoms with Crippen LogP contribution in [0.3, 0.4) is 0 Å². The maximum atomic E-state index is 13.2. The Morgan fingerprint density at radius 3 is 1.73 bits per heavy atom. The second kappa shape index (κ2) is 9.25. The van der Waals surface area contributed by atoms with Gasteiger partial charge in [0.15, 0.2) is 23.4 Å². The van der Waals surface area contributed by atoms with Gasteiger partial charge in [-0.2, -0.15) is 0 Å². The van der Waals surface area contributed by atoms with Crippen LogP contribution in [0.25, 0.3) is 10.8 Å². The molecule has 0 fully saturated rings. The van der Waals surface area contributed by atoms with E-state index < -0.39 is 52.5 Å². The zero-order valence-corrected chi connectivity index (χ0v) is 21.0. The summed E-state index contributed by atoms with van der Waals surface area (Å²) < 4.78 is 11.8. The van der Waals surface area contributed by atoms with E-state index in [9.17, 15) is 50.8 Å². The molecule has 4 aromatic carbocycles. The van der Waals surface area contributed by atoms with Crippen LogP contribution in [0.2, 0.25) is 0 Å². The van der Waals surface area contributed by atoms with Gasteiger partial charge in [-0.25, -0.2) is 0 Å². The van der Waals surface area contributed by atoms with Crippen molar-refractivity contribution in [1.29, 1.82) is 0 Å². The van der Waals surface area contributed by atoms with Crippen molar-refractivity contribution in [2.24, 2.45) is 0 Å². The Morgan fingerprint density at radius 1 is 0.610 bits per heavy atom. The number of aliphatic hydroxyl groups excluding tert-OH is 2. The van der Waals surface area contributed by atoms with Crippen molar-refractivity contribution in [3.63, 3.8) is 0 Å². The normalized spacial score (nSPS) is 21.4.